The minimum Gasteiger partial charge on any atom is -0.494 e. The van der Waals surface area contributed by atoms with Crippen molar-refractivity contribution >= 4 is 23.1 Å². The van der Waals surface area contributed by atoms with Crippen LogP contribution in [0, 0.1) is 5.92 Å². The van der Waals surface area contributed by atoms with E-state index in [4.69, 9.17) is 10.5 Å². The van der Waals surface area contributed by atoms with Gasteiger partial charge >= 0.3 is 0 Å². The van der Waals surface area contributed by atoms with Crippen molar-refractivity contribution in [3.05, 3.63) is 18.2 Å². The Balaban J connectivity index is 1.91. The normalized spacial score (nSPS) is 16.5. The van der Waals surface area contributed by atoms with Gasteiger partial charge in [-0.3, -0.25) is 0 Å². The lowest BCUT2D eigenvalue weighted by Crippen LogP contribution is -2.19. The molecule has 18 heavy (non-hydrogen) atoms. The summed E-state index contributed by atoms with van der Waals surface area (Å²) in [4.78, 5) is 0. The van der Waals surface area contributed by atoms with Gasteiger partial charge in [0.05, 0.1) is 6.61 Å². The summed E-state index contributed by atoms with van der Waals surface area (Å²) in [5, 5.41) is 3.48. The Morgan fingerprint density at radius 1 is 1.33 bits per heavy atom. The van der Waals surface area contributed by atoms with Gasteiger partial charge < -0.3 is 15.8 Å². The summed E-state index contributed by atoms with van der Waals surface area (Å²) in [6.07, 6.45) is 2.64. The molecule has 0 spiro atoms. The number of thioether (sulfide) groups is 1. The molecule has 1 fully saturated rings. The standard InChI is InChI=1S/C14H22N2OS/c1-2-17-14-8-12(15)7-13(9-14)16-10-11-3-5-18-6-4-11/h7-9,11,16H,2-6,10,15H2,1H3. The zero-order chi connectivity index (χ0) is 12.8. The Morgan fingerprint density at radius 3 is 2.83 bits per heavy atom. The summed E-state index contributed by atoms with van der Waals surface area (Å²) in [7, 11) is 0. The molecule has 0 radical (unpaired) electrons. The molecular weight excluding hydrogens is 244 g/mol. The van der Waals surface area contributed by atoms with E-state index in [1.165, 1.54) is 24.3 Å². The Morgan fingerprint density at radius 2 is 2.11 bits per heavy atom. The first-order valence-corrected chi connectivity index (χ1v) is 7.78. The van der Waals surface area contributed by atoms with Crippen molar-refractivity contribution in [1.29, 1.82) is 0 Å². The lowest BCUT2D eigenvalue weighted by Gasteiger charge is -2.22. The van der Waals surface area contributed by atoms with Crippen LogP contribution in [0.25, 0.3) is 0 Å². The van der Waals surface area contributed by atoms with E-state index in [1.54, 1.807) is 0 Å². The first-order valence-electron chi connectivity index (χ1n) is 6.63. The number of ether oxygens (including phenoxy) is 1. The van der Waals surface area contributed by atoms with E-state index in [-0.39, 0.29) is 0 Å². The Bertz CT molecular complexity index is 378. The maximum atomic E-state index is 5.88. The van der Waals surface area contributed by atoms with Crippen LogP contribution in [0.15, 0.2) is 18.2 Å². The van der Waals surface area contributed by atoms with Crippen LogP contribution in [0.1, 0.15) is 19.8 Å². The molecule has 1 aliphatic rings. The van der Waals surface area contributed by atoms with E-state index in [1.807, 2.05) is 25.1 Å². The summed E-state index contributed by atoms with van der Waals surface area (Å²) < 4.78 is 5.50. The second kappa shape index (κ2) is 6.78. The third-order valence-corrected chi connectivity index (χ3v) is 4.22. The van der Waals surface area contributed by atoms with Crippen LogP contribution in [-0.2, 0) is 0 Å². The number of hydrogen-bond acceptors (Lipinski definition) is 4. The summed E-state index contributed by atoms with van der Waals surface area (Å²) in [5.41, 5.74) is 7.69. The maximum absolute atomic E-state index is 5.88. The van der Waals surface area contributed by atoms with Crippen LogP contribution in [-0.4, -0.2) is 24.7 Å². The van der Waals surface area contributed by atoms with Gasteiger partial charge in [0.1, 0.15) is 5.75 Å². The summed E-state index contributed by atoms with van der Waals surface area (Å²) >= 11 is 2.06. The monoisotopic (exact) mass is 266 g/mol. The predicted molar refractivity (Wildman–Crippen MR) is 80.6 cm³/mol. The summed E-state index contributed by atoms with van der Waals surface area (Å²) in [6, 6.07) is 5.86. The second-order valence-corrected chi connectivity index (χ2v) is 5.89. The molecule has 4 heteroatoms. The predicted octanol–water partition coefficient (Wildman–Crippen LogP) is 3.22. The molecular formula is C14H22N2OS. The number of nitrogens with one attached hydrogen (secondary N) is 1. The van der Waals surface area contributed by atoms with Gasteiger partial charge in [-0.1, -0.05) is 0 Å². The lowest BCUT2D eigenvalue weighted by atomic mass is 10.0. The van der Waals surface area contributed by atoms with E-state index in [2.05, 4.69) is 17.1 Å². The number of hydrogen-bond donors (Lipinski definition) is 2. The van der Waals surface area contributed by atoms with Gasteiger partial charge in [-0.05, 0) is 43.3 Å². The number of benzene rings is 1. The van der Waals surface area contributed by atoms with Crippen LogP contribution in [0.2, 0.25) is 0 Å². The van der Waals surface area contributed by atoms with E-state index in [0.717, 1.165) is 29.6 Å². The van der Waals surface area contributed by atoms with Gasteiger partial charge in [0.2, 0.25) is 0 Å². The highest BCUT2D eigenvalue weighted by atomic mass is 32.2. The third-order valence-electron chi connectivity index (χ3n) is 3.18. The van der Waals surface area contributed by atoms with Crippen molar-refractivity contribution in [1.82, 2.24) is 0 Å². The van der Waals surface area contributed by atoms with Crippen LogP contribution in [0.3, 0.4) is 0 Å². The van der Waals surface area contributed by atoms with Gasteiger partial charge in [-0.15, -0.1) is 0 Å². The fourth-order valence-electron chi connectivity index (χ4n) is 2.19. The molecule has 1 aliphatic heterocycles. The number of nitrogens with two attached hydrogens (primary N) is 1. The van der Waals surface area contributed by atoms with Crippen molar-refractivity contribution < 1.29 is 4.74 Å². The molecule has 0 aromatic heterocycles. The van der Waals surface area contributed by atoms with Gasteiger partial charge in [-0.25, -0.2) is 0 Å². The Labute approximate surface area is 113 Å². The molecule has 3 N–H and O–H groups in total. The molecule has 0 unspecified atom stereocenters. The summed E-state index contributed by atoms with van der Waals surface area (Å²) in [6.45, 7) is 3.69. The van der Waals surface area contributed by atoms with Crippen LogP contribution >= 0.6 is 11.8 Å². The van der Waals surface area contributed by atoms with Gasteiger partial charge in [0.25, 0.3) is 0 Å². The highest BCUT2D eigenvalue weighted by molar-refractivity contribution is 7.99. The van der Waals surface area contributed by atoms with Crippen molar-refractivity contribution in [2.75, 3.05) is 35.7 Å². The quantitative estimate of drug-likeness (QED) is 0.803. The van der Waals surface area contributed by atoms with Gasteiger partial charge in [0, 0.05) is 30.1 Å². The second-order valence-electron chi connectivity index (χ2n) is 4.66. The van der Waals surface area contributed by atoms with Gasteiger partial charge in [-0.2, -0.15) is 11.8 Å². The zero-order valence-electron chi connectivity index (χ0n) is 10.9. The Hall–Kier alpha value is -1.03. The molecule has 1 aromatic rings. The van der Waals surface area contributed by atoms with E-state index < -0.39 is 0 Å². The number of nitrogen functional groups attached to an aromatic ring is 1. The number of anilines is 2. The third kappa shape index (κ3) is 4.02. The molecule has 1 saturated heterocycles. The average molecular weight is 266 g/mol. The van der Waals surface area contributed by atoms with Crippen LogP contribution in [0.5, 0.6) is 5.75 Å². The van der Waals surface area contributed by atoms with Crippen molar-refractivity contribution in [3.63, 3.8) is 0 Å². The van der Waals surface area contributed by atoms with Crippen molar-refractivity contribution in [2.45, 2.75) is 19.8 Å². The molecule has 0 saturated carbocycles. The number of rotatable bonds is 5. The maximum Gasteiger partial charge on any atom is 0.123 e. The molecule has 0 amide bonds. The van der Waals surface area contributed by atoms with Crippen LogP contribution in [0.4, 0.5) is 11.4 Å². The molecule has 1 heterocycles. The highest BCUT2D eigenvalue weighted by Crippen LogP contribution is 2.25. The fraction of sp³-hybridized carbons (Fsp3) is 0.571. The largest absolute Gasteiger partial charge is 0.494 e. The van der Waals surface area contributed by atoms with E-state index >= 15 is 0 Å². The van der Waals surface area contributed by atoms with E-state index in [0.29, 0.717) is 6.61 Å². The molecule has 0 atom stereocenters. The van der Waals surface area contributed by atoms with Crippen molar-refractivity contribution in [2.24, 2.45) is 5.92 Å². The SMILES string of the molecule is CCOc1cc(N)cc(NCC2CCSCC2)c1. The summed E-state index contributed by atoms with van der Waals surface area (Å²) in [5.74, 6) is 4.24. The fourth-order valence-corrected chi connectivity index (χ4v) is 3.39. The smallest absolute Gasteiger partial charge is 0.123 e. The zero-order valence-corrected chi connectivity index (χ0v) is 11.8. The first kappa shape index (κ1) is 13.4. The molecule has 0 aliphatic carbocycles. The highest BCUT2D eigenvalue weighted by Gasteiger charge is 2.13. The molecule has 3 nitrogen and oxygen atoms in total. The van der Waals surface area contributed by atoms with E-state index in [9.17, 15) is 0 Å². The molecule has 2 rings (SSSR count). The topological polar surface area (TPSA) is 47.3 Å². The molecule has 100 valence electrons. The minimum absolute atomic E-state index is 0.669. The van der Waals surface area contributed by atoms with Crippen LogP contribution < -0.4 is 15.8 Å². The molecule has 0 bridgehead atoms. The Kier molecular flexibility index (Phi) is 5.05. The minimum atomic E-state index is 0.669. The van der Waals surface area contributed by atoms with Crippen molar-refractivity contribution in [3.8, 4) is 5.75 Å². The lowest BCUT2D eigenvalue weighted by molar-refractivity contribution is 0.340. The molecule has 1 aromatic carbocycles. The average Bonchev–Trinajstić information content (AvgIpc) is 2.37. The first-order chi connectivity index (χ1) is 8.78. The van der Waals surface area contributed by atoms with Gasteiger partial charge in [0.15, 0.2) is 0 Å².